The van der Waals surface area contributed by atoms with Gasteiger partial charge in [-0.25, -0.2) is 13.8 Å². The zero-order valence-electron chi connectivity index (χ0n) is 17.9. The average molecular weight is 413 g/mol. The van der Waals surface area contributed by atoms with Crippen LogP contribution in [0.5, 0.6) is 0 Å². The molecule has 0 spiro atoms. The normalized spacial score (nSPS) is 22.0. The second kappa shape index (κ2) is 9.85. The average Bonchev–Trinajstić information content (AvgIpc) is 2.75. The first-order valence-electron chi connectivity index (χ1n) is 10.5. The Bertz CT molecular complexity index is 935. The van der Waals surface area contributed by atoms with Crippen molar-refractivity contribution in [2.24, 2.45) is 4.99 Å². The van der Waals surface area contributed by atoms with Gasteiger partial charge in [0.2, 0.25) is 0 Å². The first kappa shape index (κ1) is 22.0. The van der Waals surface area contributed by atoms with Gasteiger partial charge in [-0.2, -0.15) is 0 Å². The highest BCUT2D eigenvalue weighted by Crippen LogP contribution is 2.34. The van der Waals surface area contributed by atoms with Crippen molar-refractivity contribution >= 4 is 17.0 Å². The van der Waals surface area contributed by atoms with Gasteiger partial charge in [-0.15, -0.1) is 0 Å². The minimum atomic E-state index is -0.595. The molecule has 1 aliphatic heterocycles. The Balaban J connectivity index is 1.95. The number of hydrogen-bond acceptors (Lipinski definition) is 4. The van der Waals surface area contributed by atoms with Crippen molar-refractivity contribution in [2.45, 2.75) is 39.2 Å². The fourth-order valence-electron chi connectivity index (χ4n) is 3.88. The van der Waals surface area contributed by atoms with Crippen molar-refractivity contribution in [3.05, 3.63) is 71.1 Å². The maximum atomic E-state index is 14.9. The topological polar surface area (TPSA) is 48.5 Å². The minimum absolute atomic E-state index is 0.0311. The fraction of sp³-hybridized carbons (Fsp3) is 0.375. The summed E-state index contributed by atoms with van der Waals surface area (Å²) < 4.78 is 29.5. The molecule has 1 aromatic carbocycles. The van der Waals surface area contributed by atoms with E-state index in [4.69, 9.17) is 4.99 Å². The molecule has 3 rings (SSSR count). The number of aliphatic imine (C=N–C) groups is 1. The molecule has 1 saturated heterocycles. The number of allylic oxidation sites excluding steroid dienone is 6. The standard InChI is InChI=1S/C24H30F2N4/c1-5-16-12-18(22-20(25)9-10-21(27-4)23(22)26)13-17(6-2)24(16)30-15(3)29-19-8-7-11-28-14-19/h5,9-10,12-13,19,27-29H,3,6-8,11,14H2,1-2,4H3/b16-5-,30-24+. The number of nitrogens with zero attached hydrogens (tertiary/aromatic N) is 1. The molecule has 1 aromatic rings. The second-order valence-electron chi connectivity index (χ2n) is 7.50. The maximum Gasteiger partial charge on any atom is 0.157 e. The van der Waals surface area contributed by atoms with Gasteiger partial charge in [0.25, 0.3) is 0 Å². The largest absolute Gasteiger partial charge is 0.386 e. The lowest BCUT2D eigenvalue weighted by Gasteiger charge is -2.25. The molecular weight excluding hydrogens is 382 g/mol. The highest BCUT2D eigenvalue weighted by Gasteiger charge is 2.23. The van der Waals surface area contributed by atoms with Crippen molar-refractivity contribution in [1.29, 1.82) is 0 Å². The summed E-state index contributed by atoms with van der Waals surface area (Å²) in [5.41, 5.74) is 3.26. The zero-order valence-corrected chi connectivity index (χ0v) is 17.9. The van der Waals surface area contributed by atoms with Gasteiger partial charge in [-0.1, -0.05) is 19.6 Å². The van der Waals surface area contributed by atoms with Crippen LogP contribution in [-0.4, -0.2) is 31.9 Å². The lowest BCUT2D eigenvalue weighted by Crippen LogP contribution is -2.42. The first-order chi connectivity index (χ1) is 14.5. The Hall–Kier alpha value is -2.73. The summed E-state index contributed by atoms with van der Waals surface area (Å²) in [6, 6.07) is 3.00. The van der Waals surface area contributed by atoms with Gasteiger partial charge >= 0.3 is 0 Å². The minimum Gasteiger partial charge on any atom is -0.386 e. The summed E-state index contributed by atoms with van der Waals surface area (Å²) >= 11 is 0. The Morgan fingerprint density at radius 2 is 2.13 bits per heavy atom. The Kier molecular flexibility index (Phi) is 7.21. The predicted molar refractivity (Wildman–Crippen MR) is 122 cm³/mol. The number of halogens is 2. The summed E-state index contributed by atoms with van der Waals surface area (Å²) in [5, 5.41) is 9.52. The Morgan fingerprint density at radius 3 is 2.77 bits per heavy atom. The van der Waals surface area contributed by atoms with Crippen LogP contribution in [0.15, 0.2) is 58.9 Å². The van der Waals surface area contributed by atoms with E-state index in [0.717, 1.165) is 42.8 Å². The zero-order chi connectivity index (χ0) is 21.7. The van der Waals surface area contributed by atoms with Crippen LogP contribution in [0, 0.1) is 11.6 Å². The van der Waals surface area contributed by atoms with Crippen LogP contribution in [0.2, 0.25) is 0 Å². The van der Waals surface area contributed by atoms with Gasteiger partial charge in [-0.05, 0) is 73.7 Å². The van der Waals surface area contributed by atoms with Gasteiger partial charge in [-0.3, -0.25) is 0 Å². The van der Waals surface area contributed by atoms with Crippen LogP contribution in [0.3, 0.4) is 0 Å². The van der Waals surface area contributed by atoms with E-state index in [1.807, 2.05) is 26.0 Å². The van der Waals surface area contributed by atoms with E-state index in [1.165, 1.54) is 12.1 Å². The quantitative estimate of drug-likeness (QED) is 0.620. The predicted octanol–water partition coefficient (Wildman–Crippen LogP) is 4.94. The number of anilines is 1. The van der Waals surface area contributed by atoms with Crippen molar-refractivity contribution in [1.82, 2.24) is 10.6 Å². The second-order valence-corrected chi connectivity index (χ2v) is 7.50. The molecule has 0 radical (unpaired) electrons. The highest BCUT2D eigenvalue weighted by molar-refractivity contribution is 6.18. The van der Waals surface area contributed by atoms with E-state index in [1.54, 1.807) is 13.1 Å². The van der Waals surface area contributed by atoms with Gasteiger partial charge in [0, 0.05) is 19.6 Å². The van der Waals surface area contributed by atoms with Crippen molar-refractivity contribution in [3.8, 4) is 0 Å². The van der Waals surface area contributed by atoms with E-state index < -0.39 is 11.6 Å². The number of benzene rings is 1. The number of piperidine rings is 1. The summed E-state index contributed by atoms with van der Waals surface area (Å²) in [6.45, 7) is 9.92. The molecule has 3 N–H and O–H groups in total. The maximum absolute atomic E-state index is 14.9. The SMILES string of the molecule is C=C(/N=C1/C(CC)=CC(c2c(F)ccc(NC)c2F)=C/C1=C/C)NC1CCCNC1. The van der Waals surface area contributed by atoms with Gasteiger partial charge < -0.3 is 16.0 Å². The molecule has 1 atom stereocenters. The summed E-state index contributed by atoms with van der Waals surface area (Å²) in [4.78, 5) is 4.74. The molecule has 1 aliphatic carbocycles. The van der Waals surface area contributed by atoms with Crippen molar-refractivity contribution < 1.29 is 8.78 Å². The molecule has 2 aliphatic rings. The first-order valence-corrected chi connectivity index (χ1v) is 10.5. The van der Waals surface area contributed by atoms with Crippen LogP contribution in [0.25, 0.3) is 5.57 Å². The van der Waals surface area contributed by atoms with Crippen molar-refractivity contribution in [2.75, 3.05) is 25.5 Å². The van der Waals surface area contributed by atoms with Crippen LogP contribution < -0.4 is 16.0 Å². The fourth-order valence-corrected chi connectivity index (χ4v) is 3.88. The lowest BCUT2D eigenvalue weighted by molar-refractivity contribution is 0.413. The van der Waals surface area contributed by atoms with Gasteiger partial charge in [0.05, 0.1) is 17.0 Å². The van der Waals surface area contributed by atoms with Gasteiger partial charge in [0.15, 0.2) is 5.82 Å². The Labute approximate surface area is 177 Å². The van der Waals surface area contributed by atoms with Crippen LogP contribution in [0.1, 0.15) is 38.7 Å². The molecule has 1 unspecified atom stereocenters. The summed E-state index contributed by atoms with van der Waals surface area (Å²) in [6.07, 6.45) is 8.40. The third-order valence-corrected chi connectivity index (χ3v) is 5.47. The van der Waals surface area contributed by atoms with E-state index >= 15 is 0 Å². The summed E-state index contributed by atoms with van der Waals surface area (Å²) in [7, 11) is 1.62. The Morgan fingerprint density at radius 1 is 1.33 bits per heavy atom. The number of rotatable bonds is 6. The molecule has 0 amide bonds. The van der Waals surface area contributed by atoms with Crippen LogP contribution in [0.4, 0.5) is 14.5 Å². The molecule has 6 heteroatoms. The molecule has 1 heterocycles. The molecule has 30 heavy (non-hydrogen) atoms. The molecule has 0 aromatic heterocycles. The van der Waals surface area contributed by atoms with Crippen molar-refractivity contribution in [3.63, 3.8) is 0 Å². The molecule has 160 valence electrons. The molecule has 4 nitrogen and oxygen atoms in total. The summed E-state index contributed by atoms with van der Waals surface area (Å²) in [5.74, 6) is -0.581. The molecular formula is C24H30F2N4. The molecule has 0 saturated carbocycles. The van der Waals surface area contributed by atoms with Gasteiger partial charge in [0.1, 0.15) is 11.6 Å². The third-order valence-electron chi connectivity index (χ3n) is 5.47. The van der Waals surface area contributed by atoms with Crippen LogP contribution >= 0.6 is 0 Å². The number of hydrogen-bond donors (Lipinski definition) is 3. The van der Waals surface area contributed by atoms with E-state index in [0.29, 0.717) is 23.9 Å². The van der Waals surface area contributed by atoms with E-state index in [-0.39, 0.29) is 11.3 Å². The third kappa shape index (κ3) is 4.70. The molecule has 1 fully saturated rings. The lowest BCUT2D eigenvalue weighted by atomic mass is 9.87. The van der Waals surface area contributed by atoms with E-state index in [2.05, 4.69) is 22.5 Å². The number of nitrogens with one attached hydrogen (secondary N) is 3. The monoisotopic (exact) mass is 412 g/mol. The smallest absolute Gasteiger partial charge is 0.157 e. The van der Waals surface area contributed by atoms with Crippen LogP contribution in [-0.2, 0) is 0 Å². The molecule has 0 bridgehead atoms. The van der Waals surface area contributed by atoms with E-state index in [9.17, 15) is 8.78 Å². The highest BCUT2D eigenvalue weighted by atomic mass is 19.1.